The second-order valence-electron chi connectivity index (χ2n) is 4.32. The van der Waals surface area contributed by atoms with Crippen LogP contribution in [0.3, 0.4) is 0 Å². The summed E-state index contributed by atoms with van der Waals surface area (Å²) in [4.78, 5) is 4.07. The first-order chi connectivity index (χ1) is 9.22. The van der Waals surface area contributed by atoms with Crippen molar-refractivity contribution in [1.29, 1.82) is 0 Å². The zero-order valence-corrected chi connectivity index (χ0v) is 11.1. The molecule has 3 nitrogen and oxygen atoms in total. The molecule has 19 heavy (non-hydrogen) atoms. The van der Waals surface area contributed by atoms with Gasteiger partial charge >= 0.3 is 0 Å². The number of pyridine rings is 1. The minimum absolute atomic E-state index is 0.110. The Hall–Kier alpha value is -1.94. The van der Waals surface area contributed by atoms with Crippen molar-refractivity contribution in [3.8, 4) is 5.75 Å². The molecule has 2 rings (SSSR count). The summed E-state index contributed by atoms with van der Waals surface area (Å²) in [6, 6.07) is 9.14. The van der Waals surface area contributed by atoms with Crippen LogP contribution in [0.25, 0.3) is 0 Å². The maximum absolute atomic E-state index is 13.9. The van der Waals surface area contributed by atoms with Gasteiger partial charge < -0.3 is 10.1 Å². The molecule has 0 aliphatic rings. The lowest BCUT2D eigenvalue weighted by Gasteiger charge is -2.14. The minimum Gasteiger partial charge on any atom is -0.494 e. The van der Waals surface area contributed by atoms with E-state index in [1.54, 1.807) is 30.6 Å². The lowest BCUT2D eigenvalue weighted by molar-refractivity contribution is 0.382. The van der Waals surface area contributed by atoms with Crippen molar-refractivity contribution < 1.29 is 9.13 Å². The molecule has 0 aliphatic heterocycles. The molecule has 0 saturated carbocycles. The Bertz CT molecular complexity index is 531. The van der Waals surface area contributed by atoms with E-state index in [1.807, 2.05) is 19.1 Å². The molecule has 0 amide bonds. The van der Waals surface area contributed by atoms with E-state index < -0.39 is 0 Å². The largest absolute Gasteiger partial charge is 0.494 e. The molecule has 0 bridgehead atoms. The number of nitrogens with zero attached hydrogens (tertiary/aromatic N) is 1. The number of hydrogen-bond acceptors (Lipinski definition) is 3. The van der Waals surface area contributed by atoms with Gasteiger partial charge in [-0.15, -0.1) is 0 Å². The van der Waals surface area contributed by atoms with Crippen LogP contribution < -0.4 is 10.1 Å². The highest BCUT2D eigenvalue weighted by Gasteiger charge is 2.10. The Morgan fingerprint density at radius 3 is 2.84 bits per heavy atom. The monoisotopic (exact) mass is 260 g/mol. The Labute approximate surface area is 112 Å². The number of halogens is 1. The molecule has 4 heteroatoms. The molecule has 1 aromatic heterocycles. The van der Waals surface area contributed by atoms with Gasteiger partial charge in [0.05, 0.1) is 7.11 Å². The van der Waals surface area contributed by atoms with Crippen LogP contribution in [0, 0.1) is 5.82 Å². The van der Waals surface area contributed by atoms with Crippen molar-refractivity contribution in [2.24, 2.45) is 0 Å². The summed E-state index contributed by atoms with van der Waals surface area (Å²) in [5.41, 5.74) is 1.67. The molecule has 1 atom stereocenters. The fourth-order valence-corrected chi connectivity index (χ4v) is 1.86. The van der Waals surface area contributed by atoms with Crippen molar-refractivity contribution in [1.82, 2.24) is 10.3 Å². The number of nitrogens with one attached hydrogen (secondary N) is 1. The van der Waals surface area contributed by atoms with E-state index in [0.29, 0.717) is 12.1 Å². The van der Waals surface area contributed by atoms with Gasteiger partial charge in [0.2, 0.25) is 0 Å². The maximum Gasteiger partial charge on any atom is 0.169 e. The van der Waals surface area contributed by atoms with E-state index in [9.17, 15) is 4.39 Å². The lowest BCUT2D eigenvalue weighted by atomic mass is 10.1. The summed E-state index contributed by atoms with van der Waals surface area (Å²) in [7, 11) is 1.47. The van der Waals surface area contributed by atoms with Crippen LogP contribution in [0.2, 0.25) is 0 Å². The number of benzene rings is 1. The van der Waals surface area contributed by atoms with Gasteiger partial charge in [-0.3, -0.25) is 4.98 Å². The molecule has 0 spiro atoms. The van der Waals surface area contributed by atoms with Gasteiger partial charge in [-0.25, -0.2) is 4.39 Å². The molecule has 100 valence electrons. The fraction of sp³-hybridized carbons (Fsp3) is 0.267. The average molecular weight is 260 g/mol. The predicted octanol–water partition coefficient (Wildman–Crippen LogP) is 3.08. The number of aromatic nitrogens is 1. The van der Waals surface area contributed by atoms with Crippen LogP contribution in [0.15, 0.2) is 42.7 Å². The highest BCUT2D eigenvalue weighted by Crippen LogP contribution is 2.20. The molecule has 0 aliphatic carbocycles. The highest BCUT2D eigenvalue weighted by molar-refractivity contribution is 5.31. The molecular weight excluding hydrogens is 243 g/mol. The number of rotatable bonds is 5. The molecule has 1 N–H and O–H groups in total. The lowest BCUT2D eigenvalue weighted by Crippen LogP contribution is -2.19. The summed E-state index contributed by atoms with van der Waals surface area (Å²) in [5, 5.41) is 3.27. The Balaban J connectivity index is 2.03. The molecule has 1 heterocycles. The third-order valence-electron chi connectivity index (χ3n) is 3.05. The summed E-state index contributed by atoms with van der Waals surface area (Å²) in [5.74, 6) is -0.0378. The minimum atomic E-state index is -0.309. The highest BCUT2D eigenvalue weighted by atomic mass is 19.1. The van der Waals surface area contributed by atoms with Crippen molar-refractivity contribution in [3.05, 3.63) is 59.7 Å². The summed E-state index contributed by atoms with van der Waals surface area (Å²) < 4.78 is 18.9. The SMILES string of the molecule is COc1cccc(CNC(C)c2cccnc2)c1F. The molecule has 2 aromatic rings. The van der Waals surface area contributed by atoms with Gasteiger partial charge in [-0.2, -0.15) is 0 Å². The predicted molar refractivity (Wildman–Crippen MR) is 72.4 cm³/mol. The standard InChI is InChI=1S/C15H17FN2O/c1-11(12-6-4-8-17-9-12)18-10-13-5-3-7-14(19-2)15(13)16/h3-9,11,18H,10H2,1-2H3. The summed E-state index contributed by atoms with van der Waals surface area (Å²) >= 11 is 0. The molecule has 0 fully saturated rings. The second kappa shape index (κ2) is 6.29. The zero-order chi connectivity index (χ0) is 13.7. The van der Waals surface area contributed by atoms with Crippen LogP contribution in [0.1, 0.15) is 24.1 Å². The van der Waals surface area contributed by atoms with Gasteiger partial charge in [0.15, 0.2) is 11.6 Å². The van der Waals surface area contributed by atoms with Gasteiger partial charge in [0.1, 0.15) is 0 Å². The van der Waals surface area contributed by atoms with Crippen LogP contribution in [-0.2, 0) is 6.54 Å². The van der Waals surface area contributed by atoms with E-state index in [4.69, 9.17) is 4.74 Å². The molecule has 1 aromatic carbocycles. The molecular formula is C15H17FN2O. The first kappa shape index (κ1) is 13.5. The molecule has 0 radical (unpaired) electrons. The number of methoxy groups -OCH3 is 1. The second-order valence-corrected chi connectivity index (χ2v) is 4.32. The third-order valence-corrected chi connectivity index (χ3v) is 3.05. The fourth-order valence-electron chi connectivity index (χ4n) is 1.86. The van der Waals surface area contributed by atoms with E-state index in [2.05, 4.69) is 10.3 Å². The summed E-state index contributed by atoms with van der Waals surface area (Å²) in [6.07, 6.45) is 3.54. The molecule has 1 unspecified atom stereocenters. The smallest absolute Gasteiger partial charge is 0.169 e. The summed E-state index contributed by atoms with van der Waals surface area (Å²) in [6.45, 7) is 2.47. The molecule has 0 saturated heterocycles. The first-order valence-electron chi connectivity index (χ1n) is 6.17. The van der Waals surface area contributed by atoms with Crippen LogP contribution in [0.4, 0.5) is 4.39 Å². The van der Waals surface area contributed by atoms with Crippen molar-refractivity contribution in [2.75, 3.05) is 7.11 Å². The van der Waals surface area contributed by atoms with E-state index >= 15 is 0 Å². The topological polar surface area (TPSA) is 34.1 Å². The van der Waals surface area contributed by atoms with E-state index in [-0.39, 0.29) is 17.6 Å². The van der Waals surface area contributed by atoms with Gasteiger partial charge in [-0.1, -0.05) is 18.2 Å². The van der Waals surface area contributed by atoms with Gasteiger partial charge in [0.25, 0.3) is 0 Å². The first-order valence-corrected chi connectivity index (χ1v) is 6.17. The number of ether oxygens (including phenoxy) is 1. The van der Waals surface area contributed by atoms with Gasteiger partial charge in [0, 0.05) is 30.5 Å². The Morgan fingerprint density at radius 2 is 2.16 bits per heavy atom. The van der Waals surface area contributed by atoms with Gasteiger partial charge in [-0.05, 0) is 24.6 Å². The van der Waals surface area contributed by atoms with Crippen molar-refractivity contribution in [2.45, 2.75) is 19.5 Å². The quantitative estimate of drug-likeness (QED) is 0.897. The normalized spacial score (nSPS) is 12.2. The van der Waals surface area contributed by atoms with E-state index in [0.717, 1.165) is 5.56 Å². The maximum atomic E-state index is 13.9. The Morgan fingerprint density at radius 1 is 1.32 bits per heavy atom. The Kier molecular flexibility index (Phi) is 4.47. The van der Waals surface area contributed by atoms with Crippen LogP contribution >= 0.6 is 0 Å². The van der Waals surface area contributed by atoms with Crippen molar-refractivity contribution in [3.63, 3.8) is 0 Å². The van der Waals surface area contributed by atoms with Crippen LogP contribution in [-0.4, -0.2) is 12.1 Å². The number of hydrogen-bond donors (Lipinski definition) is 1. The van der Waals surface area contributed by atoms with Crippen molar-refractivity contribution >= 4 is 0 Å². The third kappa shape index (κ3) is 3.29. The zero-order valence-electron chi connectivity index (χ0n) is 11.1. The van der Waals surface area contributed by atoms with Crippen LogP contribution in [0.5, 0.6) is 5.75 Å². The average Bonchev–Trinajstić information content (AvgIpc) is 2.47. The van der Waals surface area contributed by atoms with E-state index in [1.165, 1.54) is 7.11 Å².